The van der Waals surface area contributed by atoms with E-state index in [1.54, 1.807) is 4.31 Å². The monoisotopic (exact) mass is 257 g/mol. The number of piperazine rings is 1. The van der Waals surface area contributed by atoms with Crippen LogP contribution in [0.1, 0.15) is 13.8 Å². The van der Waals surface area contributed by atoms with Crippen molar-refractivity contribution in [2.75, 3.05) is 39.3 Å². The predicted octanol–water partition coefficient (Wildman–Crippen LogP) is -0.100. The van der Waals surface area contributed by atoms with Crippen LogP contribution in [0.3, 0.4) is 0 Å². The highest BCUT2D eigenvalue weighted by atomic mass is 35.5. The minimum Gasteiger partial charge on any atom is -0.314 e. The average molecular weight is 258 g/mol. The molecule has 0 saturated carbocycles. The molecule has 1 saturated heterocycles. The Hall–Kier alpha value is 0.120. The van der Waals surface area contributed by atoms with Crippen molar-refractivity contribution < 1.29 is 8.42 Å². The van der Waals surface area contributed by atoms with Gasteiger partial charge in [-0.25, -0.2) is 0 Å². The van der Waals surface area contributed by atoms with E-state index in [-0.39, 0.29) is 12.4 Å². The summed E-state index contributed by atoms with van der Waals surface area (Å²) >= 11 is 0. The zero-order chi connectivity index (χ0) is 10.6. The van der Waals surface area contributed by atoms with Gasteiger partial charge in [0.15, 0.2) is 0 Å². The molecule has 0 amide bonds. The largest absolute Gasteiger partial charge is 0.314 e. The molecule has 0 spiro atoms. The van der Waals surface area contributed by atoms with Crippen LogP contribution in [-0.4, -0.2) is 56.3 Å². The summed E-state index contributed by atoms with van der Waals surface area (Å²) in [7, 11) is -3.20. The number of hydrogen-bond acceptors (Lipinski definition) is 3. The van der Waals surface area contributed by atoms with Crippen molar-refractivity contribution in [2.45, 2.75) is 13.8 Å². The van der Waals surface area contributed by atoms with E-state index in [4.69, 9.17) is 0 Å². The Bertz CT molecular complexity index is 261. The minimum absolute atomic E-state index is 0. The van der Waals surface area contributed by atoms with Crippen LogP contribution in [0.25, 0.3) is 0 Å². The molecule has 5 nitrogen and oxygen atoms in total. The number of halogens is 1. The van der Waals surface area contributed by atoms with E-state index in [0.717, 1.165) is 13.1 Å². The van der Waals surface area contributed by atoms with Crippen LogP contribution in [0.2, 0.25) is 0 Å². The number of nitrogens with one attached hydrogen (secondary N) is 1. The predicted molar refractivity (Wildman–Crippen MR) is 63.5 cm³/mol. The molecule has 0 aromatic carbocycles. The summed E-state index contributed by atoms with van der Waals surface area (Å²) in [4.78, 5) is 0. The molecule has 1 aliphatic heterocycles. The van der Waals surface area contributed by atoms with Crippen LogP contribution in [-0.2, 0) is 10.2 Å². The zero-order valence-corrected chi connectivity index (χ0v) is 10.9. The van der Waals surface area contributed by atoms with Gasteiger partial charge in [0, 0.05) is 39.3 Å². The molecule has 7 heteroatoms. The van der Waals surface area contributed by atoms with E-state index in [1.807, 2.05) is 13.8 Å². The van der Waals surface area contributed by atoms with Gasteiger partial charge >= 0.3 is 0 Å². The molecular formula is C8H20ClN3O2S. The van der Waals surface area contributed by atoms with Gasteiger partial charge in [0.25, 0.3) is 10.2 Å². The SMILES string of the molecule is CCN(CC)S(=O)(=O)N1CCNCC1.Cl. The van der Waals surface area contributed by atoms with Crippen molar-refractivity contribution in [2.24, 2.45) is 0 Å². The maximum absolute atomic E-state index is 12.0. The van der Waals surface area contributed by atoms with Crippen molar-refractivity contribution in [1.82, 2.24) is 13.9 Å². The average Bonchev–Trinajstić information content (AvgIpc) is 2.20. The van der Waals surface area contributed by atoms with Gasteiger partial charge < -0.3 is 5.32 Å². The fourth-order valence-electron chi connectivity index (χ4n) is 1.59. The molecule has 1 fully saturated rings. The van der Waals surface area contributed by atoms with Gasteiger partial charge in [-0.2, -0.15) is 17.0 Å². The Morgan fingerprint density at radius 3 is 2.07 bits per heavy atom. The van der Waals surface area contributed by atoms with Crippen LogP contribution in [0, 0.1) is 0 Å². The normalized spacial score (nSPS) is 18.9. The van der Waals surface area contributed by atoms with Crippen molar-refractivity contribution >= 4 is 22.6 Å². The Morgan fingerprint density at radius 1 is 1.20 bits per heavy atom. The van der Waals surface area contributed by atoms with E-state index in [2.05, 4.69) is 5.32 Å². The highest BCUT2D eigenvalue weighted by molar-refractivity contribution is 7.86. The summed E-state index contributed by atoms with van der Waals surface area (Å²) in [6, 6.07) is 0. The van der Waals surface area contributed by atoms with E-state index in [1.165, 1.54) is 4.31 Å². The summed E-state index contributed by atoms with van der Waals surface area (Å²) < 4.78 is 27.0. The van der Waals surface area contributed by atoms with Crippen molar-refractivity contribution in [3.8, 4) is 0 Å². The summed E-state index contributed by atoms with van der Waals surface area (Å²) in [5.41, 5.74) is 0. The molecule has 92 valence electrons. The van der Waals surface area contributed by atoms with Gasteiger partial charge in [-0.15, -0.1) is 12.4 Å². The van der Waals surface area contributed by atoms with E-state index in [9.17, 15) is 8.42 Å². The van der Waals surface area contributed by atoms with Gasteiger partial charge in [0.1, 0.15) is 0 Å². The second kappa shape index (κ2) is 6.65. The summed E-state index contributed by atoms with van der Waals surface area (Å²) in [6.45, 7) is 7.48. The molecule has 0 radical (unpaired) electrons. The summed E-state index contributed by atoms with van der Waals surface area (Å²) in [6.07, 6.45) is 0. The second-order valence-corrected chi connectivity index (χ2v) is 5.17. The molecule has 0 aromatic rings. The van der Waals surface area contributed by atoms with E-state index >= 15 is 0 Å². The number of hydrogen-bond donors (Lipinski definition) is 1. The first kappa shape index (κ1) is 15.1. The standard InChI is InChI=1S/C8H19N3O2S.ClH/c1-3-10(4-2)14(12,13)11-7-5-9-6-8-11;/h9H,3-8H2,1-2H3;1H. The van der Waals surface area contributed by atoms with Gasteiger partial charge in [0.2, 0.25) is 0 Å². The highest BCUT2D eigenvalue weighted by Gasteiger charge is 2.28. The van der Waals surface area contributed by atoms with E-state index < -0.39 is 10.2 Å². The Morgan fingerprint density at radius 2 is 1.67 bits per heavy atom. The van der Waals surface area contributed by atoms with Crippen LogP contribution in [0.5, 0.6) is 0 Å². The smallest absolute Gasteiger partial charge is 0.282 e. The van der Waals surface area contributed by atoms with Crippen LogP contribution in [0.15, 0.2) is 0 Å². The van der Waals surface area contributed by atoms with Crippen molar-refractivity contribution in [1.29, 1.82) is 0 Å². The molecule has 0 unspecified atom stereocenters. The van der Waals surface area contributed by atoms with Crippen LogP contribution < -0.4 is 5.32 Å². The maximum Gasteiger partial charge on any atom is 0.282 e. The Kier molecular flexibility index (Phi) is 6.70. The van der Waals surface area contributed by atoms with Crippen molar-refractivity contribution in [3.63, 3.8) is 0 Å². The molecule has 1 heterocycles. The topological polar surface area (TPSA) is 52.7 Å². The lowest BCUT2D eigenvalue weighted by Crippen LogP contribution is -2.51. The van der Waals surface area contributed by atoms with Crippen molar-refractivity contribution in [3.05, 3.63) is 0 Å². The van der Waals surface area contributed by atoms with Crippen LogP contribution >= 0.6 is 12.4 Å². The number of rotatable bonds is 4. The number of nitrogens with zero attached hydrogens (tertiary/aromatic N) is 2. The Labute approximate surface area is 98.4 Å². The minimum atomic E-state index is -3.20. The maximum atomic E-state index is 12.0. The lowest BCUT2D eigenvalue weighted by Gasteiger charge is -2.31. The lowest BCUT2D eigenvalue weighted by molar-refractivity contribution is 0.319. The molecule has 0 aliphatic carbocycles. The lowest BCUT2D eigenvalue weighted by atomic mass is 10.4. The summed E-state index contributed by atoms with van der Waals surface area (Å²) in [5.74, 6) is 0. The van der Waals surface area contributed by atoms with Gasteiger partial charge in [-0.05, 0) is 0 Å². The molecular weight excluding hydrogens is 238 g/mol. The third kappa shape index (κ3) is 3.57. The first-order valence-electron chi connectivity index (χ1n) is 5.08. The van der Waals surface area contributed by atoms with Gasteiger partial charge in [0.05, 0.1) is 0 Å². The quantitative estimate of drug-likeness (QED) is 0.765. The molecule has 15 heavy (non-hydrogen) atoms. The highest BCUT2D eigenvalue weighted by Crippen LogP contribution is 2.08. The third-order valence-corrected chi connectivity index (χ3v) is 4.62. The molecule has 1 rings (SSSR count). The van der Waals surface area contributed by atoms with E-state index in [0.29, 0.717) is 26.2 Å². The zero-order valence-electron chi connectivity index (χ0n) is 9.27. The first-order chi connectivity index (χ1) is 6.62. The second-order valence-electron chi connectivity index (χ2n) is 3.24. The Balaban J connectivity index is 0.00000196. The third-order valence-electron chi connectivity index (χ3n) is 2.43. The molecule has 0 bridgehead atoms. The molecule has 0 atom stereocenters. The fourth-order valence-corrected chi connectivity index (χ4v) is 3.21. The van der Waals surface area contributed by atoms with Gasteiger partial charge in [-0.3, -0.25) is 0 Å². The van der Waals surface area contributed by atoms with Crippen LogP contribution in [0.4, 0.5) is 0 Å². The van der Waals surface area contributed by atoms with Gasteiger partial charge in [-0.1, -0.05) is 13.8 Å². The first-order valence-corrected chi connectivity index (χ1v) is 6.48. The fraction of sp³-hybridized carbons (Fsp3) is 1.00. The molecule has 1 aliphatic rings. The molecule has 0 aromatic heterocycles. The summed E-state index contributed by atoms with van der Waals surface area (Å²) in [5, 5.41) is 3.14. The molecule has 1 N–H and O–H groups in total.